The number of alkyl halides is 3. The van der Waals surface area contributed by atoms with Crippen molar-refractivity contribution in [2.45, 2.75) is 38.0 Å². The van der Waals surface area contributed by atoms with E-state index in [-0.39, 0.29) is 6.61 Å². The van der Waals surface area contributed by atoms with Gasteiger partial charge in [-0.15, -0.1) is 0 Å². The number of hydrogen-bond acceptors (Lipinski definition) is 7. The molecule has 0 amide bonds. The quantitative estimate of drug-likeness (QED) is 0.553. The second-order valence-electron chi connectivity index (χ2n) is 8.44. The van der Waals surface area contributed by atoms with Gasteiger partial charge in [-0.1, -0.05) is 12.8 Å². The fourth-order valence-corrected chi connectivity index (χ4v) is 3.72. The van der Waals surface area contributed by atoms with Crippen molar-refractivity contribution in [3.63, 3.8) is 0 Å². The second-order valence-corrected chi connectivity index (χ2v) is 8.44. The van der Waals surface area contributed by atoms with Gasteiger partial charge in [0.05, 0.1) is 31.4 Å². The largest absolute Gasteiger partial charge is 0.494 e. The van der Waals surface area contributed by atoms with E-state index in [1.807, 2.05) is 29.8 Å². The number of benzene rings is 1. The molecule has 33 heavy (non-hydrogen) atoms. The fourth-order valence-electron chi connectivity index (χ4n) is 3.72. The first-order valence-electron chi connectivity index (χ1n) is 10.6. The maximum Gasteiger partial charge on any atom is 0.411 e. The third-order valence-corrected chi connectivity index (χ3v) is 5.29. The molecule has 2 heterocycles. The highest BCUT2D eigenvalue weighted by Gasteiger charge is 2.35. The van der Waals surface area contributed by atoms with Gasteiger partial charge in [-0.25, -0.2) is 9.98 Å². The summed E-state index contributed by atoms with van der Waals surface area (Å²) in [7, 11) is 1.57. The predicted molar refractivity (Wildman–Crippen MR) is 118 cm³/mol. The molecule has 2 aliphatic rings. The zero-order valence-electron chi connectivity index (χ0n) is 18.4. The lowest BCUT2D eigenvalue weighted by atomic mass is 10.0. The zero-order chi connectivity index (χ0) is 23.6. The molecule has 2 aromatic rings. The van der Waals surface area contributed by atoms with Crippen molar-refractivity contribution in [1.82, 2.24) is 14.9 Å². The van der Waals surface area contributed by atoms with Gasteiger partial charge < -0.3 is 30.4 Å². The van der Waals surface area contributed by atoms with Crippen LogP contribution in [0.1, 0.15) is 25.0 Å². The van der Waals surface area contributed by atoms with Crippen LogP contribution in [0.4, 0.5) is 18.9 Å². The van der Waals surface area contributed by atoms with Crippen molar-refractivity contribution in [2.24, 2.45) is 16.6 Å². The number of imidazole rings is 1. The number of nitrogens with one attached hydrogen (secondary N) is 2. The van der Waals surface area contributed by atoms with Crippen LogP contribution in [0.3, 0.4) is 0 Å². The first kappa shape index (κ1) is 23.1. The molecule has 1 aliphatic heterocycles. The lowest BCUT2D eigenvalue weighted by molar-refractivity contribution is -0.171. The number of nitrogens with zero attached hydrogens (tertiary/aromatic N) is 3. The van der Waals surface area contributed by atoms with E-state index in [2.05, 4.69) is 20.6 Å². The minimum Gasteiger partial charge on any atom is -0.494 e. The van der Waals surface area contributed by atoms with Crippen LogP contribution in [-0.2, 0) is 4.74 Å². The zero-order valence-corrected chi connectivity index (χ0v) is 18.4. The standard InChI is InChI=1S/C22H27F3N6O2/c1-14-10-31(13-27-14)18-6-5-16(7-19(18)32-2)28-20-29-17(11-33-12-22(23,24)25)9-21(26,30-20)8-15-3-4-15/h5-7,9-10,13,15H,3-4,8,11-12,26H2,1-2H3,(H2,28,29,30). The summed E-state index contributed by atoms with van der Waals surface area (Å²) in [4.78, 5) is 8.83. The average Bonchev–Trinajstić information content (AvgIpc) is 3.42. The molecule has 1 unspecified atom stereocenters. The Kier molecular flexibility index (Phi) is 6.35. The first-order chi connectivity index (χ1) is 15.6. The minimum absolute atomic E-state index is 0.258. The van der Waals surface area contributed by atoms with E-state index in [4.69, 9.17) is 15.2 Å². The van der Waals surface area contributed by atoms with E-state index in [1.54, 1.807) is 25.6 Å². The van der Waals surface area contributed by atoms with E-state index in [0.717, 1.165) is 24.2 Å². The smallest absolute Gasteiger partial charge is 0.411 e. The molecule has 178 valence electrons. The Balaban J connectivity index is 1.52. The normalized spacial score (nSPS) is 20.7. The van der Waals surface area contributed by atoms with Gasteiger partial charge in [0, 0.05) is 23.6 Å². The van der Waals surface area contributed by atoms with E-state index in [0.29, 0.717) is 35.4 Å². The number of aliphatic imine (C=N–C) groups is 1. The van der Waals surface area contributed by atoms with Gasteiger partial charge in [-0.05, 0) is 37.5 Å². The molecular weight excluding hydrogens is 437 g/mol. The Hall–Kier alpha value is -3.05. The van der Waals surface area contributed by atoms with E-state index in [1.165, 1.54) is 0 Å². The third kappa shape index (κ3) is 6.26. The summed E-state index contributed by atoms with van der Waals surface area (Å²) in [6, 6.07) is 5.51. The van der Waals surface area contributed by atoms with Crippen LogP contribution in [0.2, 0.25) is 0 Å². The Morgan fingerprint density at radius 1 is 1.33 bits per heavy atom. The Bertz CT molecular complexity index is 1060. The van der Waals surface area contributed by atoms with E-state index < -0.39 is 18.4 Å². The maximum atomic E-state index is 12.5. The predicted octanol–water partition coefficient (Wildman–Crippen LogP) is 3.48. The number of aryl methyl sites for hydroxylation is 1. The highest BCUT2D eigenvalue weighted by molar-refractivity contribution is 5.96. The van der Waals surface area contributed by atoms with Gasteiger partial charge in [-0.2, -0.15) is 13.2 Å². The van der Waals surface area contributed by atoms with Crippen LogP contribution < -0.4 is 21.1 Å². The second kappa shape index (κ2) is 9.06. The number of nitrogens with two attached hydrogens (primary N) is 1. The van der Waals surface area contributed by atoms with Crippen LogP contribution in [-0.4, -0.2) is 47.7 Å². The topological polar surface area (TPSA) is 98.7 Å². The van der Waals surface area contributed by atoms with Gasteiger partial charge in [-0.3, -0.25) is 0 Å². The summed E-state index contributed by atoms with van der Waals surface area (Å²) in [5.74, 6) is 1.40. The summed E-state index contributed by atoms with van der Waals surface area (Å²) in [5, 5.41) is 6.16. The lowest BCUT2D eigenvalue weighted by Gasteiger charge is -2.30. The van der Waals surface area contributed by atoms with E-state index in [9.17, 15) is 13.2 Å². The minimum atomic E-state index is -4.40. The Labute approximate surface area is 189 Å². The number of ether oxygens (including phenoxy) is 2. The number of methoxy groups -OCH3 is 1. The highest BCUT2D eigenvalue weighted by atomic mass is 19.4. The van der Waals surface area contributed by atoms with Gasteiger partial charge >= 0.3 is 6.18 Å². The van der Waals surface area contributed by atoms with Gasteiger partial charge in [0.15, 0.2) is 0 Å². The number of rotatable bonds is 8. The van der Waals surface area contributed by atoms with E-state index >= 15 is 0 Å². The van der Waals surface area contributed by atoms with Crippen LogP contribution in [0.15, 0.2) is 47.5 Å². The number of halogens is 3. The molecule has 0 saturated heterocycles. The van der Waals surface area contributed by atoms with Crippen molar-refractivity contribution in [3.8, 4) is 11.4 Å². The molecule has 4 rings (SSSR count). The van der Waals surface area contributed by atoms with Gasteiger partial charge in [0.25, 0.3) is 0 Å². The van der Waals surface area contributed by atoms with Crippen LogP contribution in [0.25, 0.3) is 5.69 Å². The van der Waals surface area contributed by atoms with Crippen molar-refractivity contribution in [1.29, 1.82) is 0 Å². The monoisotopic (exact) mass is 464 g/mol. The first-order valence-corrected chi connectivity index (χ1v) is 10.6. The van der Waals surface area contributed by atoms with Crippen molar-refractivity contribution in [2.75, 3.05) is 25.6 Å². The summed E-state index contributed by atoms with van der Waals surface area (Å²) in [5.41, 5.74) is 8.26. The van der Waals surface area contributed by atoms with Gasteiger partial charge in [0.1, 0.15) is 18.0 Å². The third-order valence-electron chi connectivity index (χ3n) is 5.29. The summed E-state index contributed by atoms with van der Waals surface area (Å²) in [6.07, 6.45) is 3.60. The number of aromatic nitrogens is 2. The van der Waals surface area contributed by atoms with Crippen LogP contribution in [0, 0.1) is 12.8 Å². The number of anilines is 1. The molecule has 1 aromatic carbocycles. The summed E-state index contributed by atoms with van der Waals surface area (Å²) >= 11 is 0. The molecule has 1 saturated carbocycles. The molecule has 4 N–H and O–H groups in total. The number of hydrogen-bond donors (Lipinski definition) is 3. The molecule has 1 fully saturated rings. The summed E-state index contributed by atoms with van der Waals surface area (Å²) < 4.78 is 49.7. The fraction of sp³-hybridized carbons (Fsp3) is 0.455. The lowest BCUT2D eigenvalue weighted by Crippen LogP contribution is -2.47. The molecule has 1 aliphatic carbocycles. The molecule has 8 nitrogen and oxygen atoms in total. The van der Waals surface area contributed by atoms with Crippen molar-refractivity contribution in [3.05, 3.63) is 48.2 Å². The maximum absolute atomic E-state index is 12.5. The molecule has 1 aromatic heterocycles. The molecule has 0 spiro atoms. The Morgan fingerprint density at radius 3 is 2.76 bits per heavy atom. The van der Waals surface area contributed by atoms with Crippen molar-refractivity contribution < 1.29 is 22.6 Å². The Morgan fingerprint density at radius 2 is 2.12 bits per heavy atom. The average molecular weight is 464 g/mol. The molecule has 0 bridgehead atoms. The molecular formula is C22H27F3N6O2. The summed E-state index contributed by atoms with van der Waals surface area (Å²) in [6.45, 7) is 0.306. The highest BCUT2D eigenvalue weighted by Crippen LogP contribution is 2.38. The molecule has 0 radical (unpaired) electrons. The molecule has 11 heteroatoms. The van der Waals surface area contributed by atoms with Crippen LogP contribution in [0.5, 0.6) is 5.75 Å². The number of guanidine groups is 1. The van der Waals surface area contributed by atoms with Crippen LogP contribution >= 0.6 is 0 Å². The van der Waals surface area contributed by atoms with Crippen molar-refractivity contribution >= 4 is 11.6 Å². The SMILES string of the molecule is COc1cc(NC2=NC(N)(CC3CC3)C=C(COCC(F)(F)F)N2)ccc1-n1cnc(C)c1. The molecule has 1 atom stereocenters. The van der Waals surface area contributed by atoms with Gasteiger partial charge in [0.2, 0.25) is 5.96 Å².